The summed E-state index contributed by atoms with van der Waals surface area (Å²) >= 11 is 0. The topological polar surface area (TPSA) is 34.1 Å². The third-order valence-corrected chi connectivity index (χ3v) is 3.51. The van der Waals surface area contributed by atoms with Crippen LogP contribution in [0.4, 0.5) is 0 Å². The SMILES string of the molecule is CCCCCCCCCC(=O)CC(=O)CCCCC. The van der Waals surface area contributed by atoms with Crippen LogP contribution in [-0.4, -0.2) is 11.6 Å². The Kier molecular flexibility index (Phi) is 13.3. The molecule has 0 heterocycles. The van der Waals surface area contributed by atoms with Gasteiger partial charge in [0.15, 0.2) is 0 Å². The molecule has 0 spiro atoms. The molecule has 2 heteroatoms. The van der Waals surface area contributed by atoms with Gasteiger partial charge in [0.25, 0.3) is 0 Å². The Morgan fingerprint density at radius 3 is 1.47 bits per heavy atom. The first-order valence-corrected chi connectivity index (χ1v) is 8.24. The number of unbranched alkanes of at least 4 members (excludes halogenated alkanes) is 8. The minimum Gasteiger partial charge on any atom is -0.299 e. The van der Waals surface area contributed by atoms with Crippen LogP contribution in [0, 0.1) is 0 Å². The Morgan fingerprint density at radius 1 is 0.579 bits per heavy atom. The van der Waals surface area contributed by atoms with Gasteiger partial charge in [-0.2, -0.15) is 0 Å². The summed E-state index contributed by atoms with van der Waals surface area (Å²) in [5, 5.41) is 0. The van der Waals surface area contributed by atoms with Crippen LogP contribution in [-0.2, 0) is 9.59 Å². The second-order valence-corrected chi connectivity index (χ2v) is 5.58. The fourth-order valence-electron chi connectivity index (χ4n) is 2.25. The molecule has 0 unspecified atom stereocenters. The molecule has 0 aromatic heterocycles. The normalized spacial score (nSPS) is 10.6. The quantitative estimate of drug-likeness (QED) is 0.319. The predicted octanol–water partition coefficient (Wildman–Crippen LogP) is 5.24. The molecule has 0 aliphatic carbocycles. The lowest BCUT2D eigenvalue weighted by Gasteiger charge is -2.02. The molecule has 0 N–H and O–H groups in total. The number of carbonyl (C=O) groups is 2. The van der Waals surface area contributed by atoms with Gasteiger partial charge in [-0.1, -0.05) is 65.2 Å². The summed E-state index contributed by atoms with van der Waals surface area (Å²) in [4.78, 5) is 23.1. The molecule has 0 aromatic carbocycles. The molecule has 0 aromatic rings. The van der Waals surface area contributed by atoms with E-state index in [4.69, 9.17) is 0 Å². The van der Waals surface area contributed by atoms with Gasteiger partial charge in [0.1, 0.15) is 11.6 Å². The number of Topliss-reactive ketones (excluding diaryl/α,β-unsaturated/α-hetero) is 2. The van der Waals surface area contributed by atoms with Gasteiger partial charge >= 0.3 is 0 Å². The Bertz CT molecular complexity index is 233. The summed E-state index contributed by atoms with van der Waals surface area (Å²) in [6, 6.07) is 0. The molecule has 0 atom stereocenters. The highest BCUT2D eigenvalue weighted by Gasteiger charge is 2.08. The van der Waals surface area contributed by atoms with Crippen molar-refractivity contribution in [2.45, 2.75) is 97.3 Å². The standard InChI is InChI=1S/C17H32O2/c1-3-5-7-8-9-10-12-14-17(19)15-16(18)13-11-6-4-2/h3-15H2,1-2H3. The fraction of sp³-hybridized carbons (Fsp3) is 0.882. The molecular formula is C17H32O2. The van der Waals surface area contributed by atoms with Crippen molar-refractivity contribution in [2.75, 3.05) is 0 Å². The molecule has 0 rings (SSSR count). The van der Waals surface area contributed by atoms with Crippen LogP contribution in [0.15, 0.2) is 0 Å². The molecule has 0 aliphatic rings. The van der Waals surface area contributed by atoms with Crippen molar-refractivity contribution in [1.29, 1.82) is 0 Å². The Labute approximate surface area is 119 Å². The first kappa shape index (κ1) is 18.3. The second-order valence-electron chi connectivity index (χ2n) is 5.58. The van der Waals surface area contributed by atoms with Gasteiger partial charge in [-0.15, -0.1) is 0 Å². The van der Waals surface area contributed by atoms with E-state index < -0.39 is 0 Å². The van der Waals surface area contributed by atoms with Crippen LogP contribution in [0.1, 0.15) is 97.3 Å². The van der Waals surface area contributed by atoms with E-state index in [2.05, 4.69) is 13.8 Å². The highest BCUT2D eigenvalue weighted by atomic mass is 16.1. The highest BCUT2D eigenvalue weighted by molar-refractivity contribution is 5.98. The van der Waals surface area contributed by atoms with Crippen LogP contribution >= 0.6 is 0 Å². The van der Waals surface area contributed by atoms with Gasteiger partial charge in [0.2, 0.25) is 0 Å². The zero-order chi connectivity index (χ0) is 14.3. The van der Waals surface area contributed by atoms with Crippen LogP contribution in [0.3, 0.4) is 0 Å². The van der Waals surface area contributed by atoms with Gasteiger partial charge in [-0.3, -0.25) is 9.59 Å². The largest absolute Gasteiger partial charge is 0.299 e. The first-order chi connectivity index (χ1) is 9.20. The molecular weight excluding hydrogens is 236 g/mol. The van der Waals surface area contributed by atoms with Crippen molar-refractivity contribution < 1.29 is 9.59 Å². The average Bonchev–Trinajstić information content (AvgIpc) is 2.38. The number of carbonyl (C=O) groups excluding carboxylic acids is 2. The lowest BCUT2D eigenvalue weighted by molar-refractivity contribution is -0.127. The monoisotopic (exact) mass is 268 g/mol. The van der Waals surface area contributed by atoms with Crippen LogP contribution in [0.5, 0.6) is 0 Å². The molecule has 2 nitrogen and oxygen atoms in total. The van der Waals surface area contributed by atoms with E-state index in [0.717, 1.165) is 32.1 Å². The van der Waals surface area contributed by atoms with Gasteiger partial charge in [0.05, 0.1) is 6.42 Å². The van der Waals surface area contributed by atoms with E-state index >= 15 is 0 Å². The third-order valence-electron chi connectivity index (χ3n) is 3.51. The number of ketones is 2. The lowest BCUT2D eigenvalue weighted by atomic mass is 10.0. The predicted molar refractivity (Wildman–Crippen MR) is 81.4 cm³/mol. The summed E-state index contributed by atoms with van der Waals surface area (Å²) in [7, 11) is 0. The first-order valence-electron chi connectivity index (χ1n) is 8.24. The minimum atomic E-state index is 0.140. The Hall–Kier alpha value is -0.660. The van der Waals surface area contributed by atoms with Crippen LogP contribution in [0.25, 0.3) is 0 Å². The highest BCUT2D eigenvalue weighted by Crippen LogP contribution is 2.10. The molecule has 19 heavy (non-hydrogen) atoms. The maximum atomic E-state index is 11.6. The molecule has 112 valence electrons. The third kappa shape index (κ3) is 13.6. The van der Waals surface area contributed by atoms with Gasteiger partial charge in [0, 0.05) is 12.8 Å². The summed E-state index contributed by atoms with van der Waals surface area (Å²) in [6.07, 6.45) is 13.1. The van der Waals surface area contributed by atoms with Crippen LogP contribution in [0.2, 0.25) is 0 Å². The van der Waals surface area contributed by atoms with E-state index in [-0.39, 0.29) is 18.0 Å². The molecule has 0 aliphatic heterocycles. The summed E-state index contributed by atoms with van der Waals surface area (Å²) in [5.41, 5.74) is 0. The molecule has 0 saturated heterocycles. The van der Waals surface area contributed by atoms with Crippen molar-refractivity contribution in [3.05, 3.63) is 0 Å². The van der Waals surface area contributed by atoms with Crippen molar-refractivity contribution in [3.63, 3.8) is 0 Å². The number of hydrogen-bond donors (Lipinski definition) is 0. The van der Waals surface area contributed by atoms with Gasteiger partial charge in [-0.05, 0) is 12.8 Å². The van der Waals surface area contributed by atoms with Gasteiger partial charge < -0.3 is 0 Å². The second kappa shape index (κ2) is 13.8. The summed E-state index contributed by atoms with van der Waals surface area (Å²) in [6.45, 7) is 4.34. The van der Waals surface area contributed by atoms with E-state index in [1.807, 2.05) is 0 Å². The maximum absolute atomic E-state index is 11.6. The number of hydrogen-bond acceptors (Lipinski definition) is 2. The zero-order valence-electron chi connectivity index (χ0n) is 13.0. The minimum absolute atomic E-state index is 0.140. The molecule has 0 radical (unpaired) electrons. The summed E-state index contributed by atoms with van der Waals surface area (Å²) in [5.74, 6) is 0.288. The van der Waals surface area contributed by atoms with Crippen molar-refractivity contribution in [1.82, 2.24) is 0 Å². The van der Waals surface area contributed by atoms with Crippen molar-refractivity contribution >= 4 is 11.6 Å². The van der Waals surface area contributed by atoms with E-state index in [1.54, 1.807) is 0 Å². The van der Waals surface area contributed by atoms with E-state index in [0.29, 0.717) is 12.8 Å². The summed E-state index contributed by atoms with van der Waals surface area (Å²) < 4.78 is 0. The smallest absolute Gasteiger partial charge is 0.140 e. The Morgan fingerprint density at radius 2 is 0.947 bits per heavy atom. The van der Waals surface area contributed by atoms with Crippen molar-refractivity contribution in [3.8, 4) is 0 Å². The molecule has 0 fully saturated rings. The van der Waals surface area contributed by atoms with Crippen LogP contribution < -0.4 is 0 Å². The average molecular weight is 268 g/mol. The lowest BCUT2D eigenvalue weighted by Crippen LogP contribution is -2.07. The van der Waals surface area contributed by atoms with Crippen molar-refractivity contribution in [2.24, 2.45) is 0 Å². The fourth-order valence-corrected chi connectivity index (χ4v) is 2.25. The molecule has 0 saturated carbocycles. The molecule has 0 amide bonds. The molecule has 0 bridgehead atoms. The zero-order valence-corrected chi connectivity index (χ0v) is 13.0. The van der Waals surface area contributed by atoms with E-state index in [1.165, 1.54) is 32.1 Å². The maximum Gasteiger partial charge on any atom is 0.140 e. The van der Waals surface area contributed by atoms with E-state index in [9.17, 15) is 9.59 Å². The van der Waals surface area contributed by atoms with Gasteiger partial charge in [-0.25, -0.2) is 0 Å². The Balaban J connectivity index is 3.36. The number of rotatable bonds is 14.